The van der Waals surface area contributed by atoms with Crippen LogP contribution in [0, 0.1) is 40.5 Å². The van der Waals surface area contributed by atoms with E-state index in [4.69, 9.17) is 9.47 Å². The fourth-order valence-corrected chi connectivity index (χ4v) is 5.81. The second kappa shape index (κ2) is 16.7. The van der Waals surface area contributed by atoms with Crippen LogP contribution in [0.5, 0.6) is 23.0 Å². The van der Waals surface area contributed by atoms with Crippen molar-refractivity contribution in [2.75, 3.05) is 10.6 Å². The molecule has 18 nitrogen and oxygen atoms in total. The summed E-state index contributed by atoms with van der Waals surface area (Å²) in [5.41, 5.74) is -0.555. The van der Waals surface area contributed by atoms with Gasteiger partial charge in [0.25, 0.3) is 34.6 Å². The Bertz CT molecular complexity index is 2370. The Kier molecular flexibility index (Phi) is 11.3. The molecule has 0 unspecified atom stereocenters. The fraction of sp³-hybridized carbons (Fsp3) is 0.0732. The smallest absolute Gasteiger partial charge is 0.277 e. The average Bonchev–Trinajstić information content (AvgIpc) is 3.22. The molecule has 6 aromatic rings. The van der Waals surface area contributed by atoms with Gasteiger partial charge in [0.1, 0.15) is 23.0 Å². The van der Waals surface area contributed by atoms with Gasteiger partial charge in [0.15, 0.2) is 0 Å². The van der Waals surface area contributed by atoms with Crippen molar-refractivity contribution in [2.24, 2.45) is 0 Å². The Hall–Kier alpha value is -8.54. The molecule has 0 aliphatic heterocycles. The number of amides is 2. The first-order valence-electron chi connectivity index (χ1n) is 17.3. The normalized spacial score (nSPS) is 10.9. The maximum absolute atomic E-state index is 12.7. The molecule has 0 saturated carbocycles. The summed E-state index contributed by atoms with van der Waals surface area (Å²) in [5.74, 6) is 0.502. The van der Waals surface area contributed by atoms with Gasteiger partial charge in [0.2, 0.25) is 0 Å². The number of hydrogen-bond donors (Lipinski definition) is 2. The van der Waals surface area contributed by atoms with E-state index in [1.54, 1.807) is 48.5 Å². The largest absolute Gasteiger partial charge is 0.457 e. The minimum absolute atomic E-state index is 0.240. The standard InChI is InChI=1S/C41H30N6O12/c1-41(2,27-3-11-35(12-4-27)58-37-15-7-29(8-16-37)42-39(48)25-19-31(44(50)51)23-32(20-25)45(52)53)28-5-13-36(14-6-28)59-38-17-9-30(10-18-38)43-40(49)26-21-33(46(54)55)24-34(22-26)47(56)57/h3-24H,1-2H3,(H,42,48)(H,43,49). The average molecular weight is 799 g/mol. The van der Waals surface area contributed by atoms with Crippen LogP contribution in [0.4, 0.5) is 34.1 Å². The van der Waals surface area contributed by atoms with Crippen LogP contribution in [0.25, 0.3) is 0 Å². The highest BCUT2D eigenvalue weighted by Crippen LogP contribution is 2.35. The summed E-state index contributed by atoms with van der Waals surface area (Å²) in [6, 6.07) is 33.1. The minimum Gasteiger partial charge on any atom is -0.457 e. The van der Waals surface area contributed by atoms with Crippen molar-refractivity contribution in [1.29, 1.82) is 0 Å². The number of rotatable bonds is 14. The number of anilines is 2. The van der Waals surface area contributed by atoms with E-state index in [2.05, 4.69) is 24.5 Å². The van der Waals surface area contributed by atoms with Crippen molar-refractivity contribution in [1.82, 2.24) is 0 Å². The van der Waals surface area contributed by atoms with E-state index in [0.29, 0.717) is 34.4 Å². The summed E-state index contributed by atoms with van der Waals surface area (Å²) in [6.45, 7) is 4.13. The summed E-state index contributed by atoms with van der Waals surface area (Å²) in [4.78, 5) is 66.9. The van der Waals surface area contributed by atoms with Crippen LogP contribution in [0.2, 0.25) is 0 Å². The van der Waals surface area contributed by atoms with Crippen LogP contribution in [0.1, 0.15) is 45.7 Å². The van der Waals surface area contributed by atoms with Crippen molar-refractivity contribution in [2.45, 2.75) is 19.3 Å². The lowest BCUT2D eigenvalue weighted by molar-refractivity contribution is -0.394. The molecule has 18 heteroatoms. The molecule has 59 heavy (non-hydrogen) atoms. The quantitative estimate of drug-likeness (QED) is 0.0771. The predicted octanol–water partition coefficient (Wildman–Crippen LogP) is 9.73. The Morgan fingerprint density at radius 3 is 0.949 bits per heavy atom. The van der Waals surface area contributed by atoms with Crippen molar-refractivity contribution < 1.29 is 38.8 Å². The monoisotopic (exact) mass is 798 g/mol. The summed E-state index contributed by atoms with van der Waals surface area (Å²) in [7, 11) is 0. The second-order valence-corrected chi connectivity index (χ2v) is 13.3. The molecule has 2 N–H and O–H groups in total. The number of ether oxygens (including phenoxy) is 2. The highest BCUT2D eigenvalue weighted by Gasteiger charge is 2.24. The topological polar surface area (TPSA) is 249 Å². The van der Waals surface area contributed by atoms with Crippen molar-refractivity contribution in [3.8, 4) is 23.0 Å². The van der Waals surface area contributed by atoms with E-state index in [9.17, 15) is 50.0 Å². The van der Waals surface area contributed by atoms with Gasteiger partial charge >= 0.3 is 0 Å². The SMILES string of the molecule is CC(C)(c1ccc(Oc2ccc(NC(=O)c3cc([N+](=O)[O-])cc([N+](=O)[O-])c3)cc2)cc1)c1ccc(Oc2ccc(NC(=O)c3cc([N+](=O)[O-])cc([N+](=O)[O-])c3)cc2)cc1. The Morgan fingerprint density at radius 1 is 0.441 bits per heavy atom. The number of non-ortho nitro benzene ring substituents is 4. The van der Waals surface area contributed by atoms with Gasteiger partial charge in [-0.1, -0.05) is 38.1 Å². The molecule has 0 aliphatic carbocycles. The summed E-state index contributed by atoms with van der Waals surface area (Å²) in [6.07, 6.45) is 0. The van der Waals surface area contributed by atoms with Crippen LogP contribution >= 0.6 is 0 Å². The second-order valence-electron chi connectivity index (χ2n) is 13.3. The van der Waals surface area contributed by atoms with Gasteiger partial charge in [-0.3, -0.25) is 50.0 Å². The van der Waals surface area contributed by atoms with Crippen molar-refractivity contribution >= 4 is 45.9 Å². The predicted molar refractivity (Wildman–Crippen MR) is 213 cm³/mol. The number of carbonyl (C=O) groups is 2. The molecular weight excluding hydrogens is 768 g/mol. The number of nitro benzene ring substituents is 4. The van der Waals surface area contributed by atoms with E-state index >= 15 is 0 Å². The molecule has 0 fully saturated rings. The number of benzene rings is 6. The molecule has 0 saturated heterocycles. The molecule has 0 radical (unpaired) electrons. The summed E-state index contributed by atoms with van der Waals surface area (Å²) in [5, 5.41) is 49.9. The molecular formula is C41H30N6O12. The lowest BCUT2D eigenvalue weighted by Crippen LogP contribution is -2.18. The van der Waals surface area contributed by atoms with E-state index < -0.39 is 59.7 Å². The lowest BCUT2D eigenvalue weighted by Gasteiger charge is -2.26. The van der Waals surface area contributed by atoms with Gasteiger partial charge in [-0.15, -0.1) is 0 Å². The van der Waals surface area contributed by atoms with Crippen molar-refractivity contribution in [3.05, 3.63) is 196 Å². The zero-order valence-electron chi connectivity index (χ0n) is 30.9. The van der Waals surface area contributed by atoms with Crippen LogP contribution in [-0.4, -0.2) is 31.5 Å². The molecule has 296 valence electrons. The zero-order valence-corrected chi connectivity index (χ0v) is 30.9. The fourth-order valence-electron chi connectivity index (χ4n) is 5.81. The molecule has 0 heterocycles. The third-order valence-corrected chi connectivity index (χ3v) is 9.02. The van der Waals surface area contributed by atoms with Crippen LogP contribution < -0.4 is 20.1 Å². The van der Waals surface area contributed by atoms with E-state index in [-0.39, 0.29) is 11.1 Å². The maximum atomic E-state index is 12.7. The van der Waals surface area contributed by atoms with Crippen molar-refractivity contribution in [3.63, 3.8) is 0 Å². The van der Waals surface area contributed by atoms with Crippen LogP contribution in [-0.2, 0) is 5.41 Å². The number of hydrogen-bond acceptors (Lipinski definition) is 12. The highest BCUT2D eigenvalue weighted by molar-refractivity contribution is 6.05. The first-order valence-corrected chi connectivity index (χ1v) is 17.3. The number of nitro groups is 4. The number of nitrogens with one attached hydrogen (secondary N) is 2. The molecule has 6 aromatic carbocycles. The first kappa shape index (κ1) is 40.1. The Morgan fingerprint density at radius 2 is 0.695 bits per heavy atom. The van der Waals surface area contributed by atoms with E-state index in [0.717, 1.165) is 47.5 Å². The zero-order chi connectivity index (χ0) is 42.4. The number of nitrogens with zero attached hydrogens (tertiary/aromatic N) is 4. The molecule has 6 rings (SSSR count). The summed E-state index contributed by atoms with van der Waals surface area (Å²) < 4.78 is 12.0. The van der Waals surface area contributed by atoms with Gasteiger partial charge in [-0.05, 0) is 83.9 Å². The van der Waals surface area contributed by atoms with Crippen LogP contribution in [0.15, 0.2) is 133 Å². The number of carbonyl (C=O) groups excluding carboxylic acids is 2. The van der Waals surface area contributed by atoms with Gasteiger partial charge in [-0.2, -0.15) is 0 Å². The van der Waals surface area contributed by atoms with Crippen LogP contribution in [0.3, 0.4) is 0 Å². The van der Waals surface area contributed by atoms with Gasteiger partial charge in [0.05, 0.1) is 43.0 Å². The molecule has 0 atom stereocenters. The van der Waals surface area contributed by atoms with E-state index in [1.165, 1.54) is 0 Å². The first-order chi connectivity index (χ1) is 28.0. The molecule has 2 amide bonds. The van der Waals surface area contributed by atoms with Gasteiger partial charge in [-0.25, -0.2) is 0 Å². The highest BCUT2D eigenvalue weighted by atomic mass is 16.6. The molecule has 0 aliphatic rings. The third-order valence-electron chi connectivity index (χ3n) is 9.02. The van der Waals surface area contributed by atoms with Gasteiger partial charge in [0, 0.05) is 41.1 Å². The molecule has 0 bridgehead atoms. The lowest BCUT2D eigenvalue weighted by atomic mass is 9.78. The molecule has 0 aromatic heterocycles. The Balaban J connectivity index is 1.04. The maximum Gasteiger partial charge on any atom is 0.277 e. The van der Waals surface area contributed by atoms with Gasteiger partial charge < -0.3 is 20.1 Å². The molecule has 0 spiro atoms. The summed E-state index contributed by atoms with van der Waals surface area (Å²) >= 11 is 0. The minimum atomic E-state index is -0.813. The Labute approximate surface area is 333 Å². The third kappa shape index (κ3) is 9.65. The van der Waals surface area contributed by atoms with E-state index in [1.807, 2.05) is 48.5 Å².